The molecule has 0 spiro atoms. The number of halogens is 1. The first kappa shape index (κ1) is 11.5. The lowest BCUT2D eigenvalue weighted by atomic mass is 10.3. The van der Waals surface area contributed by atoms with Crippen molar-refractivity contribution in [1.82, 2.24) is 15.0 Å². The number of aromatic nitrogens is 3. The zero-order chi connectivity index (χ0) is 13.2. The van der Waals surface area contributed by atoms with Gasteiger partial charge in [0.05, 0.1) is 5.39 Å². The van der Waals surface area contributed by atoms with Gasteiger partial charge < -0.3 is 10.3 Å². The maximum absolute atomic E-state index is 8.89. The van der Waals surface area contributed by atoms with Crippen molar-refractivity contribution < 1.29 is 0 Å². The summed E-state index contributed by atoms with van der Waals surface area (Å²) >= 11 is 5.93. The fraction of sp³-hybridized carbons (Fsp3) is 0. The van der Waals surface area contributed by atoms with Gasteiger partial charge in [-0.2, -0.15) is 5.26 Å². The van der Waals surface area contributed by atoms with Crippen molar-refractivity contribution in [3.8, 4) is 6.07 Å². The standard InChI is InChI=1S/C13H8ClN5/c14-8-2-1-3-9(4-8)18-12-11-5-10(6-15)19-13(11)17-7-16-12/h1-5,7H,(H2,16,17,18,19). The van der Waals surface area contributed by atoms with Gasteiger partial charge in [-0.25, -0.2) is 9.97 Å². The van der Waals surface area contributed by atoms with E-state index >= 15 is 0 Å². The number of aromatic amines is 1. The van der Waals surface area contributed by atoms with Gasteiger partial charge in [0.2, 0.25) is 0 Å². The van der Waals surface area contributed by atoms with E-state index < -0.39 is 0 Å². The number of fused-ring (bicyclic) bond motifs is 1. The van der Waals surface area contributed by atoms with Gasteiger partial charge in [-0.05, 0) is 24.3 Å². The van der Waals surface area contributed by atoms with E-state index in [-0.39, 0.29) is 0 Å². The summed E-state index contributed by atoms with van der Waals surface area (Å²) < 4.78 is 0. The Hall–Kier alpha value is -2.58. The van der Waals surface area contributed by atoms with Crippen molar-refractivity contribution in [3.63, 3.8) is 0 Å². The van der Waals surface area contributed by atoms with Gasteiger partial charge in [0.15, 0.2) is 0 Å². The van der Waals surface area contributed by atoms with E-state index in [1.807, 2.05) is 18.2 Å². The molecule has 2 N–H and O–H groups in total. The summed E-state index contributed by atoms with van der Waals surface area (Å²) in [5.74, 6) is 0.630. The van der Waals surface area contributed by atoms with Crippen LogP contribution in [0.25, 0.3) is 11.0 Å². The highest BCUT2D eigenvalue weighted by molar-refractivity contribution is 6.30. The van der Waals surface area contributed by atoms with Crippen molar-refractivity contribution in [2.24, 2.45) is 0 Å². The minimum Gasteiger partial charge on any atom is -0.340 e. The summed E-state index contributed by atoms with van der Waals surface area (Å²) in [5.41, 5.74) is 1.90. The van der Waals surface area contributed by atoms with E-state index in [1.54, 1.807) is 18.2 Å². The number of nitriles is 1. The quantitative estimate of drug-likeness (QED) is 0.749. The highest BCUT2D eigenvalue weighted by Gasteiger charge is 2.08. The molecule has 0 aliphatic carbocycles. The van der Waals surface area contributed by atoms with Crippen LogP contribution in [0, 0.1) is 11.3 Å². The van der Waals surface area contributed by atoms with Crippen LogP contribution < -0.4 is 5.32 Å². The monoisotopic (exact) mass is 269 g/mol. The largest absolute Gasteiger partial charge is 0.340 e. The van der Waals surface area contributed by atoms with Gasteiger partial charge in [0.1, 0.15) is 29.6 Å². The van der Waals surface area contributed by atoms with Crippen LogP contribution in [0.15, 0.2) is 36.7 Å². The predicted octanol–water partition coefficient (Wildman–Crippen LogP) is 3.23. The first-order valence-corrected chi connectivity index (χ1v) is 5.90. The Morgan fingerprint density at radius 2 is 2.16 bits per heavy atom. The second-order valence-corrected chi connectivity index (χ2v) is 4.35. The summed E-state index contributed by atoms with van der Waals surface area (Å²) in [7, 11) is 0. The second kappa shape index (κ2) is 4.59. The summed E-state index contributed by atoms with van der Waals surface area (Å²) in [6, 6.07) is 11.1. The lowest BCUT2D eigenvalue weighted by molar-refractivity contribution is 1.19. The average molecular weight is 270 g/mol. The van der Waals surface area contributed by atoms with Crippen LogP contribution in [0.5, 0.6) is 0 Å². The molecule has 1 aromatic carbocycles. The molecule has 92 valence electrons. The molecule has 0 bridgehead atoms. The van der Waals surface area contributed by atoms with E-state index in [2.05, 4.69) is 20.3 Å². The van der Waals surface area contributed by atoms with E-state index in [1.165, 1.54) is 6.33 Å². The van der Waals surface area contributed by atoms with Gasteiger partial charge in [0, 0.05) is 10.7 Å². The van der Waals surface area contributed by atoms with Crippen LogP contribution in [0.2, 0.25) is 5.02 Å². The van der Waals surface area contributed by atoms with Crippen molar-refractivity contribution in [1.29, 1.82) is 5.26 Å². The Morgan fingerprint density at radius 1 is 1.26 bits per heavy atom. The highest BCUT2D eigenvalue weighted by atomic mass is 35.5. The van der Waals surface area contributed by atoms with Crippen LogP contribution >= 0.6 is 11.6 Å². The smallest absolute Gasteiger partial charge is 0.143 e. The summed E-state index contributed by atoms with van der Waals surface area (Å²) in [5, 5.41) is 13.5. The summed E-state index contributed by atoms with van der Waals surface area (Å²) in [4.78, 5) is 11.2. The van der Waals surface area contributed by atoms with Gasteiger partial charge in [-0.15, -0.1) is 0 Å². The van der Waals surface area contributed by atoms with Crippen LogP contribution in [-0.4, -0.2) is 15.0 Å². The number of H-pyrrole nitrogens is 1. The topological polar surface area (TPSA) is 77.4 Å². The number of hydrogen-bond donors (Lipinski definition) is 2. The SMILES string of the molecule is N#Cc1cc2c(Nc3cccc(Cl)c3)ncnc2[nH]1. The third-order valence-electron chi connectivity index (χ3n) is 2.63. The lowest BCUT2D eigenvalue weighted by Crippen LogP contribution is -1.94. The van der Waals surface area contributed by atoms with E-state index in [4.69, 9.17) is 16.9 Å². The molecule has 3 aromatic rings. The number of rotatable bonds is 2. The number of benzene rings is 1. The van der Waals surface area contributed by atoms with E-state index in [9.17, 15) is 0 Å². The zero-order valence-electron chi connectivity index (χ0n) is 9.68. The van der Waals surface area contributed by atoms with Crippen LogP contribution in [0.4, 0.5) is 11.5 Å². The highest BCUT2D eigenvalue weighted by Crippen LogP contribution is 2.24. The molecule has 0 fully saturated rings. The normalized spacial score (nSPS) is 10.3. The molecule has 5 nitrogen and oxygen atoms in total. The zero-order valence-corrected chi connectivity index (χ0v) is 10.4. The van der Waals surface area contributed by atoms with Crippen LogP contribution in [-0.2, 0) is 0 Å². The van der Waals surface area contributed by atoms with Gasteiger partial charge in [-0.3, -0.25) is 0 Å². The third-order valence-corrected chi connectivity index (χ3v) is 2.87. The van der Waals surface area contributed by atoms with Crippen molar-refractivity contribution >= 4 is 34.1 Å². The minimum atomic E-state index is 0.449. The molecule has 0 atom stereocenters. The third kappa shape index (κ3) is 2.21. The first-order valence-electron chi connectivity index (χ1n) is 5.52. The lowest BCUT2D eigenvalue weighted by Gasteiger charge is -2.06. The van der Waals surface area contributed by atoms with Crippen molar-refractivity contribution in [2.45, 2.75) is 0 Å². The molecule has 0 saturated carbocycles. The van der Waals surface area contributed by atoms with Gasteiger partial charge >= 0.3 is 0 Å². The van der Waals surface area contributed by atoms with E-state index in [0.29, 0.717) is 22.2 Å². The Labute approximate surface area is 113 Å². The number of nitrogens with zero attached hydrogens (tertiary/aromatic N) is 3. The molecule has 0 aliphatic heterocycles. The molecule has 6 heteroatoms. The number of anilines is 2. The van der Waals surface area contributed by atoms with Crippen molar-refractivity contribution in [3.05, 3.63) is 47.4 Å². The molecule has 0 radical (unpaired) electrons. The molecule has 0 aliphatic rings. The molecule has 0 saturated heterocycles. The summed E-state index contributed by atoms with van der Waals surface area (Å²) in [6.07, 6.45) is 1.44. The summed E-state index contributed by atoms with van der Waals surface area (Å²) in [6.45, 7) is 0. The molecule has 19 heavy (non-hydrogen) atoms. The Morgan fingerprint density at radius 3 is 2.95 bits per heavy atom. The molecule has 0 amide bonds. The Bertz CT molecular complexity index is 787. The number of hydrogen-bond acceptors (Lipinski definition) is 4. The predicted molar refractivity (Wildman–Crippen MR) is 73.3 cm³/mol. The fourth-order valence-electron chi connectivity index (χ4n) is 1.80. The van der Waals surface area contributed by atoms with Gasteiger partial charge in [-0.1, -0.05) is 17.7 Å². The molecule has 2 heterocycles. The average Bonchev–Trinajstić information content (AvgIpc) is 2.83. The Balaban J connectivity index is 2.05. The number of nitrogens with one attached hydrogen (secondary N) is 2. The first-order chi connectivity index (χ1) is 9.26. The Kier molecular flexibility index (Phi) is 2.78. The maximum Gasteiger partial charge on any atom is 0.143 e. The van der Waals surface area contributed by atoms with Gasteiger partial charge in [0.25, 0.3) is 0 Å². The second-order valence-electron chi connectivity index (χ2n) is 3.91. The maximum atomic E-state index is 8.89. The fourth-order valence-corrected chi connectivity index (χ4v) is 1.99. The molecule has 3 rings (SSSR count). The van der Waals surface area contributed by atoms with Crippen LogP contribution in [0.1, 0.15) is 5.69 Å². The molecule has 2 aromatic heterocycles. The molecular formula is C13H8ClN5. The van der Waals surface area contributed by atoms with Crippen LogP contribution in [0.3, 0.4) is 0 Å². The van der Waals surface area contributed by atoms with E-state index in [0.717, 1.165) is 11.1 Å². The molecule has 0 unspecified atom stereocenters. The minimum absolute atomic E-state index is 0.449. The molecular weight excluding hydrogens is 262 g/mol. The van der Waals surface area contributed by atoms with Crippen molar-refractivity contribution in [2.75, 3.05) is 5.32 Å².